The molecule has 7 nitrogen and oxygen atoms in total. The molecule has 8 heteroatoms. The average molecular weight is 446 g/mol. The van der Waals surface area contributed by atoms with Crippen molar-refractivity contribution in [3.05, 3.63) is 71.9 Å². The quantitative estimate of drug-likeness (QED) is 0.456. The Balaban J connectivity index is 1.68. The fourth-order valence-electron chi connectivity index (χ4n) is 4.77. The first-order valence-electron chi connectivity index (χ1n) is 11.1. The van der Waals surface area contributed by atoms with Gasteiger partial charge in [-0.1, -0.05) is 25.3 Å². The van der Waals surface area contributed by atoms with Crippen molar-refractivity contribution in [2.24, 2.45) is 0 Å². The van der Waals surface area contributed by atoms with E-state index in [0.29, 0.717) is 11.4 Å². The van der Waals surface area contributed by atoms with Gasteiger partial charge in [0.1, 0.15) is 11.4 Å². The van der Waals surface area contributed by atoms with Crippen molar-refractivity contribution in [1.29, 1.82) is 0 Å². The van der Waals surface area contributed by atoms with E-state index in [0.717, 1.165) is 36.8 Å². The molecule has 2 amide bonds. The molecule has 0 unspecified atom stereocenters. The largest absolute Gasteiger partial charge is 0.858 e. The Labute approximate surface area is 190 Å². The van der Waals surface area contributed by atoms with Crippen LogP contribution in [0.25, 0.3) is 17.0 Å². The van der Waals surface area contributed by atoms with Crippen LogP contribution in [0.15, 0.2) is 54.9 Å². The molecule has 5 rings (SSSR count). The first-order valence-corrected chi connectivity index (χ1v) is 11.1. The Kier molecular flexibility index (Phi) is 5.28. The van der Waals surface area contributed by atoms with Crippen LogP contribution >= 0.6 is 0 Å². The number of aryl methyl sites for hydroxylation is 1. The van der Waals surface area contributed by atoms with Gasteiger partial charge < -0.3 is 5.11 Å². The maximum Gasteiger partial charge on any atom is 0.327 e. The number of amides is 2. The molecule has 2 aromatic heterocycles. The molecule has 1 saturated carbocycles. The van der Waals surface area contributed by atoms with Crippen LogP contribution in [0.4, 0.5) is 4.39 Å². The van der Waals surface area contributed by atoms with Gasteiger partial charge in [0.15, 0.2) is 12.4 Å². The van der Waals surface area contributed by atoms with Crippen LogP contribution in [-0.4, -0.2) is 32.5 Å². The van der Waals surface area contributed by atoms with Gasteiger partial charge in [0, 0.05) is 23.7 Å². The second-order valence-electron chi connectivity index (χ2n) is 8.43. The van der Waals surface area contributed by atoms with Crippen LogP contribution in [0.1, 0.15) is 43.4 Å². The van der Waals surface area contributed by atoms with Gasteiger partial charge in [-0.2, -0.15) is 9.67 Å². The maximum absolute atomic E-state index is 13.7. The van der Waals surface area contributed by atoms with Gasteiger partial charge >= 0.3 is 5.91 Å². The Morgan fingerprint density at radius 1 is 1.00 bits per heavy atom. The van der Waals surface area contributed by atoms with E-state index in [2.05, 4.69) is 5.10 Å². The minimum atomic E-state index is -0.519. The normalized spacial score (nSPS) is 17.3. The number of carbonyl (C=O) groups is 2. The lowest BCUT2D eigenvalue weighted by Gasteiger charge is -2.29. The maximum atomic E-state index is 13.7. The Hall–Kier alpha value is -3.81. The minimum Gasteiger partial charge on any atom is -0.858 e. The Morgan fingerprint density at radius 3 is 2.33 bits per heavy atom. The van der Waals surface area contributed by atoms with Crippen molar-refractivity contribution in [1.82, 2.24) is 14.7 Å². The number of rotatable bonds is 4. The highest BCUT2D eigenvalue weighted by atomic mass is 19.1. The van der Waals surface area contributed by atoms with E-state index in [-0.39, 0.29) is 22.9 Å². The molecule has 33 heavy (non-hydrogen) atoms. The van der Waals surface area contributed by atoms with Gasteiger partial charge in [-0.25, -0.2) is 9.07 Å². The molecule has 2 aliphatic rings. The minimum absolute atomic E-state index is 0.0673. The lowest BCUT2D eigenvalue weighted by Crippen LogP contribution is -2.45. The number of hydrogen-bond acceptors (Lipinski definition) is 4. The number of hydrogen-bond donors (Lipinski definition) is 0. The van der Waals surface area contributed by atoms with E-state index in [1.807, 2.05) is 6.07 Å². The zero-order valence-corrected chi connectivity index (χ0v) is 18.2. The predicted molar refractivity (Wildman–Crippen MR) is 116 cm³/mol. The molecular formula is C25H23FN4O3. The monoisotopic (exact) mass is 446 g/mol. The summed E-state index contributed by atoms with van der Waals surface area (Å²) in [5.74, 6) is -1.81. The summed E-state index contributed by atoms with van der Waals surface area (Å²) in [5, 5.41) is 17.8. The summed E-state index contributed by atoms with van der Waals surface area (Å²) in [6, 6.07) is 10.5. The lowest BCUT2D eigenvalue weighted by molar-refractivity contribution is -0.576. The van der Waals surface area contributed by atoms with Crippen LogP contribution in [0, 0.1) is 12.7 Å². The highest BCUT2D eigenvalue weighted by Crippen LogP contribution is 2.39. The van der Waals surface area contributed by atoms with Crippen LogP contribution in [-0.2, 0) is 9.59 Å². The molecule has 1 aliphatic heterocycles. The molecule has 168 valence electrons. The summed E-state index contributed by atoms with van der Waals surface area (Å²) in [7, 11) is 0. The van der Waals surface area contributed by atoms with Crippen molar-refractivity contribution >= 4 is 23.1 Å². The second kappa shape index (κ2) is 8.27. The standard InChI is InChI=1S/C25H23FN4O3/c1-16-20(24(32)30(27-16)19-12-10-17(26)11-13-19)21-22(28-14-6-3-7-15-28)25(33)29(23(21)31)18-8-4-2-5-9-18/h3,6-7,10-15,18H,2,4-5,8-9H2,1H3. The number of nitrogens with zero attached hydrogens (tertiary/aromatic N) is 4. The first-order chi connectivity index (χ1) is 16.0. The molecule has 1 fully saturated rings. The summed E-state index contributed by atoms with van der Waals surface area (Å²) in [6.45, 7) is 1.64. The number of carbonyl (C=O) groups excluding carboxylic acids is 2. The molecule has 0 radical (unpaired) electrons. The number of benzene rings is 1. The second-order valence-corrected chi connectivity index (χ2v) is 8.43. The van der Waals surface area contributed by atoms with Crippen molar-refractivity contribution in [3.63, 3.8) is 0 Å². The fraction of sp³-hybridized carbons (Fsp3) is 0.280. The third-order valence-electron chi connectivity index (χ3n) is 6.34. The smallest absolute Gasteiger partial charge is 0.327 e. The van der Waals surface area contributed by atoms with E-state index in [1.165, 1.54) is 29.2 Å². The topological polar surface area (TPSA) is 82.1 Å². The molecule has 3 heterocycles. The molecule has 0 spiro atoms. The van der Waals surface area contributed by atoms with Crippen LogP contribution < -0.4 is 9.67 Å². The van der Waals surface area contributed by atoms with Crippen molar-refractivity contribution in [2.75, 3.05) is 0 Å². The van der Waals surface area contributed by atoms with Gasteiger partial charge in [0.2, 0.25) is 0 Å². The Morgan fingerprint density at radius 2 is 1.67 bits per heavy atom. The number of imide groups is 1. The zero-order chi connectivity index (χ0) is 23.1. The van der Waals surface area contributed by atoms with Crippen molar-refractivity contribution in [3.8, 4) is 11.6 Å². The number of halogens is 1. The molecule has 1 aliphatic carbocycles. The van der Waals surface area contributed by atoms with Crippen LogP contribution in [0.2, 0.25) is 0 Å². The third kappa shape index (κ3) is 3.51. The van der Waals surface area contributed by atoms with E-state index < -0.39 is 23.5 Å². The molecule has 0 bridgehead atoms. The first kappa shape index (κ1) is 21.1. The fourth-order valence-corrected chi connectivity index (χ4v) is 4.77. The summed E-state index contributed by atoms with van der Waals surface area (Å²) in [4.78, 5) is 28.6. The number of pyridine rings is 1. The van der Waals surface area contributed by atoms with Gasteiger partial charge in [0.05, 0.1) is 11.4 Å². The highest BCUT2D eigenvalue weighted by Gasteiger charge is 2.49. The zero-order valence-electron chi connectivity index (χ0n) is 18.2. The predicted octanol–water partition coefficient (Wildman–Crippen LogP) is 2.75. The molecule has 1 aromatic carbocycles. The molecule has 3 aromatic rings. The third-order valence-corrected chi connectivity index (χ3v) is 6.34. The van der Waals surface area contributed by atoms with Gasteiger partial charge in [-0.3, -0.25) is 14.5 Å². The summed E-state index contributed by atoms with van der Waals surface area (Å²) in [5.41, 5.74) is 1.04. The highest BCUT2D eigenvalue weighted by molar-refractivity contribution is 6.45. The van der Waals surface area contributed by atoms with E-state index in [1.54, 1.807) is 36.0 Å². The van der Waals surface area contributed by atoms with E-state index in [4.69, 9.17) is 0 Å². The van der Waals surface area contributed by atoms with Crippen molar-refractivity contribution in [2.45, 2.75) is 45.1 Å². The van der Waals surface area contributed by atoms with E-state index in [9.17, 15) is 19.1 Å². The van der Waals surface area contributed by atoms with Crippen molar-refractivity contribution < 1.29 is 23.7 Å². The van der Waals surface area contributed by atoms with Gasteiger partial charge in [-0.05, 0) is 49.9 Å². The van der Waals surface area contributed by atoms with Crippen LogP contribution in [0.3, 0.4) is 0 Å². The molecule has 0 atom stereocenters. The summed E-state index contributed by atoms with van der Waals surface area (Å²) >= 11 is 0. The van der Waals surface area contributed by atoms with Gasteiger partial charge in [-0.15, -0.1) is 0 Å². The van der Waals surface area contributed by atoms with E-state index >= 15 is 0 Å². The number of aromatic nitrogens is 3. The molecule has 0 N–H and O–H groups in total. The molecular weight excluding hydrogens is 423 g/mol. The average Bonchev–Trinajstić information content (AvgIpc) is 3.26. The van der Waals surface area contributed by atoms with Gasteiger partial charge in [0.25, 0.3) is 11.6 Å². The Bertz CT molecular complexity index is 1260. The summed E-state index contributed by atoms with van der Waals surface area (Å²) in [6.07, 6.45) is 7.90. The molecule has 0 saturated heterocycles. The lowest BCUT2D eigenvalue weighted by atomic mass is 9.94. The summed E-state index contributed by atoms with van der Waals surface area (Å²) < 4.78 is 16.1. The SMILES string of the molecule is Cc1nn(-c2ccc(F)cc2)c([O-])c1C1=C([n+]2ccccc2)C(=O)N(C2CCCCC2)C1=O. The van der Waals surface area contributed by atoms with Crippen LogP contribution in [0.5, 0.6) is 5.88 Å².